The Kier molecular flexibility index (Phi) is 7.79. The van der Waals surface area contributed by atoms with E-state index in [4.69, 9.17) is 5.73 Å². The number of hydrogen-bond donors (Lipinski definition) is 3. The predicted octanol–water partition coefficient (Wildman–Crippen LogP) is 2.68. The molecular weight excluding hydrogens is 398 g/mol. The van der Waals surface area contributed by atoms with Crippen molar-refractivity contribution in [2.24, 2.45) is 5.73 Å². The van der Waals surface area contributed by atoms with E-state index in [1.165, 1.54) is 6.07 Å². The number of carbonyl (C=O) groups excluding carboxylic acids is 1. The van der Waals surface area contributed by atoms with Crippen molar-refractivity contribution in [2.75, 3.05) is 0 Å². The van der Waals surface area contributed by atoms with Gasteiger partial charge in [0.2, 0.25) is 15.9 Å². The van der Waals surface area contributed by atoms with Crippen LogP contribution >= 0.6 is 12.4 Å². The average Bonchev–Trinajstić information content (AvgIpc) is 2.58. The number of hydrogen-bond acceptors (Lipinski definition) is 4. The van der Waals surface area contributed by atoms with Gasteiger partial charge in [-0.1, -0.05) is 48.5 Å². The topological polar surface area (TPSA) is 101 Å². The molecule has 2 rings (SSSR count). The minimum Gasteiger partial charge on any atom is -0.350 e. The van der Waals surface area contributed by atoms with Crippen LogP contribution in [-0.2, 0) is 26.9 Å². The quantitative estimate of drug-likeness (QED) is 0.662. The molecule has 0 heterocycles. The lowest BCUT2D eigenvalue weighted by Crippen LogP contribution is -2.48. The Morgan fingerprint density at radius 3 is 2.07 bits per heavy atom. The van der Waals surface area contributed by atoms with Crippen LogP contribution in [0.5, 0.6) is 0 Å². The molecule has 1 unspecified atom stereocenters. The third-order valence-corrected chi connectivity index (χ3v) is 5.85. The first-order chi connectivity index (χ1) is 12.4. The Balaban J connectivity index is 0.00000392. The van der Waals surface area contributed by atoms with Crippen molar-refractivity contribution in [1.82, 2.24) is 10.0 Å². The highest BCUT2D eigenvalue weighted by atomic mass is 35.5. The van der Waals surface area contributed by atoms with Gasteiger partial charge >= 0.3 is 0 Å². The van der Waals surface area contributed by atoms with E-state index in [-0.39, 0.29) is 29.8 Å². The van der Waals surface area contributed by atoms with Crippen LogP contribution in [0.25, 0.3) is 0 Å². The summed E-state index contributed by atoms with van der Waals surface area (Å²) in [4.78, 5) is 12.8. The van der Waals surface area contributed by atoms with Crippen LogP contribution in [0, 0.1) is 0 Å². The van der Waals surface area contributed by atoms with Crippen molar-refractivity contribution in [1.29, 1.82) is 0 Å². The number of benzene rings is 2. The minimum absolute atomic E-state index is 0. The number of nitrogens with one attached hydrogen (secondary N) is 2. The molecule has 1 atom stereocenters. The van der Waals surface area contributed by atoms with Gasteiger partial charge in [0.15, 0.2) is 0 Å². The molecule has 0 aromatic heterocycles. The summed E-state index contributed by atoms with van der Waals surface area (Å²) in [5, 5.41) is 2.76. The van der Waals surface area contributed by atoms with Crippen LogP contribution in [0.4, 0.5) is 0 Å². The summed E-state index contributed by atoms with van der Waals surface area (Å²) in [7, 11) is -3.72. The maximum absolute atomic E-state index is 12.7. The maximum atomic E-state index is 12.7. The maximum Gasteiger partial charge on any atom is 0.244 e. The van der Waals surface area contributed by atoms with Gasteiger partial charge in [-0.3, -0.25) is 4.79 Å². The van der Waals surface area contributed by atoms with E-state index in [2.05, 4.69) is 10.0 Å². The summed E-state index contributed by atoms with van der Waals surface area (Å²) >= 11 is 0. The van der Waals surface area contributed by atoms with E-state index >= 15 is 0 Å². The molecule has 2 aromatic rings. The van der Waals surface area contributed by atoms with E-state index in [9.17, 15) is 13.2 Å². The first kappa shape index (κ1) is 24.1. The highest BCUT2D eigenvalue weighted by molar-refractivity contribution is 7.89. The van der Waals surface area contributed by atoms with Crippen LogP contribution in [0.15, 0.2) is 59.5 Å². The zero-order valence-corrected chi connectivity index (χ0v) is 18.2. The van der Waals surface area contributed by atoms with Crippen molar-refractivity contribution in [3.05, 3.63) is 65.7 Å². The summed E-state index contributed by atoms with van der Waals surface area (Å²) in [5.74, 6) is -0.385. The SMILES string of the molecule is CC(C)(C)NS(=O)(=O)c1ccccc1CNC(=O)C(C)(N)c1ccccc1.Cl. The number of amides is 1. The fourth-order valence-electron chi connectivity index (χ4n) is 2.64. The normalized spacial score (nSPS) is 13.9. The number of sulfonamides is 1. The Bertz CT molecular complexity index is 908. The number of nitrogens with two attached hydrogens (primary N) is 1. The van der Waals surface area contributed by atoms with Gasteiger partial charge in [0.1, 0.15) is 5.54 Å². The second kappa shape index (κ2) is 9.05. The molecule has 0 bridgehead atoms. The lowest BCUT2D eigenvalue weighted by atomic mass is 9.92. The van der Waals surface area contributed by atoms with Gasteiger partial charge in [-0.15, -0.1) is 12.4 Å². The lowest BCUT2D eigenvalue weighted by molar-refractivity contribution is -0.126. The molecule has 0 aliphatic carbocycles. The van der Waals surface area contributed by atoms with Gasteiger partial charge in [-0.05, 0) is 44.9 Å². The van der Waals surface area contributed by atoms with Gasteiger partial charge in [-0.25, -0.2) is 13.1 Å². The largest absolute Gasteiger partial charge is 0.350 e. The standard InChI is InChI=1S/C20H27N3O3S.ClH/c1-19(2,3)23-27(25,26)17-13-9-8-10-15(17)14-22-18(24)20(4,21)16-11-6-5-7-12-16;/h5-13,23H,14,21H2,1-4H3,(H,22,24);1H. The monoisotopic (exact) mass is 425 g/mol. The Morgan fingerprint density at radius 2 is 1.50 bits per heavy atom. The number of rotatable bonds is 6. The average molecular weight is 426 g/mol. The summed E-state index contributed by atoms with van der Waals surface area (Å²) in [6.45, 7) is 7.00. The van der Waals surface area contributed by atoms with Crippen LogP contribution in [0.2, 0.25) is 0 Å². The molecule has 1 amide bonds. The first-order valence-electron chi connectivity index (χ1n) is 8.68. The third kappa shape index (κ3) is 6.04. The van der Waals surface area contributed by atoms with Crippen molar-refractivity contribution in [3.8, 4) is 0 Å². The minimum atomic E-state index is -3.72. The summed E-state index contributed by atoms with van der Waals surface area (Å²) < 4.78 is 28.0. The Labute approximate surface area is 173 Å². The van der Waals surface area contributed by atoms with Crippen LogP contribution in [0.3, 0.4) is 0 Å². The van der Waals surface area contributed by atoms with Gasteiger partial charge in [0.25, 0.3) is 0 Å². The molecule has 0 aliphatic heterocycles. The lowest BCUT2D eigenvalue weighted by Gasteiger charge is -2.25. The van der Waals surface area contributed by atoms with E-state index < -0.39 is 21.1 Å². The van der Waals surface area contributed by atoms with Crippen molar-refractivity contribution < 1.29 is 13.2 Å². The van der Waals surface area contributed by atoms with Crippen LogP contribution in [0.1, 0.15) is 38.8 Å². The first-order valence-corrected chi connectivity index (χ1v) is 10.2. The summed E-state index contributed by atoms with van der Waals surface area (Å²) in [5.41, 5.74) is 5.54. The van der Waals surface area contributed by atoms with Crippen molar-refractivity contribution in [3.63, 3.8) is 0 Å². The molecule has 0 saturated heterocycles. The molecule has 4 N–H and O–H groups in total. The smallest absolute Gasteiger partial charge is 0.244 e. The molecule has 0 radical (unpaired) electrons. The second-order valence-electron chi connectivity index (χ2n) is 7.71. The van der Waals surface area contributed by atoms with Crippen molar-refractivity contribution in [2.45, 2.75) is 50.2 Å². The Morgan fingerprint density at radius 1 is 0.964 bits per heavy atom. The molecular formula is C20H28ClN3O3S. The van der Waals surface area contributed by atoms with Gasteiger partial charge in [-0.2, -0.15) is 0 Å². The van der Waals surface area contributed by atoms with E-state index in [1.54, 1.807) is 58.0 Å². The fraction of sp³-hybridized carbons (Fsp3) is 0.350. The molecule has 28 heavy (non-hydrogen) atoms. The van der Waals surface area contributed by atoms with E-state index in [0.717, 1.165) is 0 Å². The molecule has 0 aliphatic rings. The fourth-order valence-corrected chi connectivity index (χ4v) is 4.30. The molecule has 0 fully saturated rings. The molecule has 0 spiro atoms. The zero-order chi connectivity index (χ0) is 20.3. The summed E-state index contributed by atoms with van der Waals surface area (Å²) in [6.07, 6.45) is 0. The van der Waals surface area contributed by atoms with Crippen LogP contribution < -0.4 is 15.8 Å². The van der Waals surface area contributed by atoms with Crippen LogP contribution in [-0.4, -0.2) is 19.9 Å². The van der Waals surface area contributed by atoms with Gasteiger partial charge in [0, 0.05) is 12.1 Å². The third-order valence-electron chi connectivity index (χ3n) is 3.99. The summed E-state index contributed by atoms with van der Waals surface area (Å²) in [6, 6.07) is 15.6. The molecule has 0 saturated carbocycles. The zero-order valence-electron chi connectivity index (χ0n) is 16.5. The Hall–Kier alpha value is -1.93. The van der Waals surface area contributed by atoms with Gasteiger partial charge in [0.05, 0.1) is 4.90 Å². The molecule has 154 valence electrons. The predicted molar refractivity (Wildman–Crippen MR) is 114 cm³/mol. The second-order valence-corrected chi connectivity index (χ2v) is 9.37. The molecule has 8 heteroatoms. The van der Waals surface area contributed by atoms with Gasteiger partial charge < -0.3 is 11.1 Å². The highest BCUT2D eigenvalue weighted by Gasteiger charge is 2.30. The molecule has 6 nitrogen and oxygen atoms in total. The molecule has 2 aromatic carbocycles. The highest BCUT2D eigenvalue weighted by Crippen LogP contribution is 2.20. The number of halogens is 1. The number of carbonyl (C=O) groups is 1. The van der Waals surface area contributed by atoms with Crippen molar-refractivity contribution >= 4 is 28.3 Å². The van der Waals surface area contributed by atoms with E-state index in [0.29, 0.717) is 11.1 Å². The van der Waals surface area contributed by atoms with E-state index in [1.807, 2.05) is 18.2 Å².